The lowest BCUT2D eigenvalue weighted by atomic mass is 10.2. The summed E-state index contributed by atoms with van der Waals surface area (Å²) in [5, 5.41) is 12.3. The molecule has 1 heterocycles. The minimum atomic E-state index is -0.616. The lowest BCUT2D eigenvalue weighted by Crippen LogP contribution is -2.34. The van der Waals surface area contributed by atoms with E-state index in [2.05, 4.69) is 10.3 Å². The van der Waals surface area contributed by atoms with Crippen LogP contribution in [0, 0.1) is 0 Å². The molecule has 0 aliphatic rings. The molecule has 1 unspecified atom stereocenters. The van der Waals surface area contributed by atoms with Crippen LogP contribution in [0.25, 0.3) is 0 Å². The molecule has 0 aliphatic heterocycles. The van der Waals surface area contributed by atoms with Gasteiger partial charge in [0.2, 0.25) is 0 Å². The number of aromatic nitrogens is 2. The summed E-state index contributed by atoms with van der Waals surface area (Å²) in [7, 11) is 1.50. The van der Waals surface area contributed by atoms with Crippen LogP contribution in [0.2, 0.25) is 0 Å². The molecular weight excluding hydrogens is 252 g/mol. The molecule has 1 rings (SSSR count). The molecule has 8 nitrogen and oxygen atoms in total. The van der Waals surface area contributed by atoms with Gasteiger partial charge in [-0.1, -0.05) is 0 Å². The van der Waals surface area contributed by atoms with Crippen molar-refractivity contribution in [3.8, 4) is 0 Å². The number of rotatable bonds is 7. The van der Waals surface area contributed by atoms with Crippen LogP contribution in [0.3, 0.4) is 0 Å². The Morgan fingerprint density at radius 2 is 2.21 bits per heavy atom. The third-order valence-corrected chi connectivity index (χ3v) is 2.69. The Bertz CT molecular complexity index is 522. The quantitative estimate of drug-likeness (QED) is 0.502. The van der Waals surface area contributed by atoms with Gasteiger partial charge in [0.1, 0.15) is 11.5 Å². The van der Waals surface area contributed by atoms with Gasteiger partial charge < -0.3 is 20.9 Å². The van der Waals surface area contributed by atoms with Gasteiger partial charge in [0, 0.05) is 20.2 Å². The molecule has 0 bridgehead atoms. The van der Waals surface area contributed by atoms with Gasteiger partial charge in [-0.3, -0.25) is 14.3 Å². The molecule has 0 aromatic carbocycles. The van der Waals surface area contributed by atoms with Gasteiger partial charge >= 0.3 is 5.69 Å². The lowest BCUT2D eigenvalue weighted by Gasteiger charge is -2.14. The summed E-state index contributed by atoms with van der Waals surface area (Å²) < 4.78 is 6.05. The number of ether oxygens (including phenoxy) is 1. The third-order valence-electron chi connectivity index (χ3n) is 2.69. The third kappa shape index (κ3) is 3.83. The van der Waals surface area contributed by atoms with Crippen molar-refractivity contribution in [2.24, 2.45) is 0 Å². The predicted octanol–water partition coefficient (Wildman–Crippen LogP) is -1.05. The fraction of sp³-hybridized carbons (Fsp3) is 0.636. The van der Waals surface area contributed by atoms with Crippen molar-refractivity contribution >= 4 is 11.5 Å². The Morgan fingerprint density at radius 3 is 2.79 bits per heavy atom. The number of nitrogen functional groups attached to an aromatic ring is 1. The summed E-state index contributed by atoms with van der Waals surface area (Å²) in [6.07, 6.45) is -0.215. The Kier molecular flexibility index (Phi) is 5.58. The van der Waals surface area contributed by atoms with Crippen molar-refractivity contribution in [1.82, 2.24) is 9.55 Å². The molecule has 19 heavy (non-hydrogen) atoms. The minimum Gasteiger partial charge on any atom is -0.391 e. The molecular formula is C11H20N4O4. The molecule has 0 spiro atoms. The van der Waals surface area contributed by atoms with Gasteiger partial charge in [0.05, 0.1) is 12.7 Å². The van der Waals surface area contributed by atoms with E-state index in [1.165, 1.54) is 11.7 Å². The van der Waals surface area contributed by atoms with E-state index in [1.54, 1.807) is 6.92 Å². The first-order valence-electron chi connectivity index (χ1n) is 6.04. The SMILES string of the molecule is CCn1c(N)c(NCCC(O)COC)c(=O)[nH]c1=O. The first kappa shape index (κ1) is 15.3. The van der Waals surface area contributed by atoms with Crippen LogP contribution in [0.15, 0.2) is 9.59 Å². The molecule has 108 valence electrons. The van der Waals surface area contributed by atoms with Crippen molar-refractivity contribution in [2.45, 2.75) is 26.0 Å². The number of nitrogens with zero attached hydrogens (tertiary/aromatic N) is 1. The van der Waals surface area contributed by atoms with E-state index in [0.29, 0.717) is 19.5 Å². The van der Waals surface area contributed by atoms with Crippen LogP contribution in [-0.2, 0) is 11.3 Å². The van der Waals surface area contributed by atoms with E-state index in [1.807, 2.05) is 0 Å². The Hall–Kier alpha value is -1.80. The number of aromatic amines is 1. The average Bonchev–Trinajstić information content (AvgIpc) is 2.34. The summed E-state index contributed by atoms with van der Waals surface area (Å²) >= 11 is 0. The van der Waals surface area contributed by atoms with Crippen LogP contribution in [0.4, 0.5) is 11.5 Å². The monoisotopic (exact) mass is 272 g/mol. The van der Waals surface area contributed by atoms with Gasteiger partial charge in [-0.25, -0.2) is 4.79 Å². The fourth-order valence-electron chi connectivity index (χ4n) is 1.71. The zero-order valence-electron chi connectivity index (χ0n) is 11.1. The average molecular weight is 272 g/mol. The van der Waals surface area contributed by atoms with Crippen molar-refractivity contribution in [1.29, 1.82) is 0 Å². The number of aliphatic hydroxyl groups is 1. The smallest absolute Gasteiger partial charge is 0.330 e. The van der Waals surface area contributed by atoms with E-state index >= 15 is 0 Å². The number of hydrogen-bond acceptors (Lipinski definition) is 6. The van der Waals surface area contributed by atoms with E-state index in [-0.39, 0.29) is 18.1 Å². The maximum atomic E-state index is 11.6. The number of hydrogen-bond donors (Lipinski definition) is 4. The minimum absolute atomic E-state index is 0.0949. The molecule has 0 saturated heterocycles. The first-order valence-corrected chi connectivity index (χ1v) is 6.04. The molecule has 1 aromatic rings. The van der Waals surface area contributed by atoms with E-state index in [9.17, 15) is 14.7 Å². The molecule has 0 saturated carbocycles. The van der Waals surface area contributed by atoms with Crippen LogP contribution in [0.1, 0.15) is 13.3 Å². The lowest BCUT2D eigenvalue weighted by molar-refractivity contribution is 0.0615. The summed E-state index contributed by atoms with van der Waals surface area (Å²) in [5.74, 6) is 0.0949. The zero-order valence-corrected chi connectivity index (χ0v) is 11.1. The van der Waals surface area contributed by atoms with Crippen molar-refractivity contribution in [3.05, 3.63) is 20.8 Å². The van der Waals surface area contributed by atoms with Gasteiger partial charge in [0.15, 0.2) is 0 Å². The van der Waals surface area contributed by atoms with E-state index in [0.717, 1.165) is 0 Å². The second-order valence-corrected chi connectivity index (χ2v) is 4.09. The maximum Gasteiger partial charge on any atom is 0.330 e. The Morgan fingerprint density at radius 1 is 1.53 bits per heavy atom. The zero-order chi connectivity index (χ0) is 14.4. The van der Waals surface area contributed by atoms with Crippen LogP contribution < -0.4 is 22.3 Å². The highest BCUT2D eigenvalue weighted by atomic mass is 16.5. The number of methoxy groups -OCH3 is 1. The largest absolute Gasteiger partial charge is 0.391 e. The van der Waals surface area contributed by atoms with Crippen molar-refractivity contribution < 1.29 is 9.84 Å². The fourth-order valence-corrected chi connectivity index (χ4v) is 1.71. The summed E-state index contributed by atoms with van der Waals surface area (Å²) in [5.41, 5.74) is 4.81. The van der Waals surface area contributed by atoms with Gasteiger partial charge in [-0.05, 0) is 13.3 Å². The number of aliphatic hydroxyl groups excluding tert-OH is 1. The molecule has 1 atom stereocenters. The second kappa shape index (κ2) is 6.95. The highest BCUT2D eigenvalue weighted by Gasteiger charge is 2.11. The Labute approximate surface area is 110 Å². The van der Waals surface area contributed by atoms with Crippen molar-refractivity contribution in [3.63, 3.8) is 0 Å². The first-order chi connectivity index (χ1) is 9.01. The standard InChI is InChI=1S/C11H20N4O4/c1-3-15-9(12)8(10(17)14-11(15)18)13-5-4-7(16)6-19-2/h7,13,16H,3-6,12H2,1-2H3,(H,14,17,18). The van der Waals surface area contributed by atoms with Gasteiger partial charge in [-0.15, -0.1) is 0 Å². The molecule has 0 fully saturated rings. The number of H-pyrrole nitrogens is 1. The summed E-state index contributed by atoms with van der Waals surface area (Å²) in [4.78, 5) is 25.3. The van der Waals surface area contributed by atoms with Crippen LogP contribution in [-0.4, -0.2) is 41.0 Å². The number of nitrogens with one attached hydrogen (secondary N) is 2. The van der Waals surface area contributed by atoms with Gasteiger partial charge in [0.25, 0.3) is 5.56 Å². The number of nitrogens with two attached hydrogens (primary N) is 1. The molecule has 0 aliphatic carbocycles. The van der Waals surface area contributed by atoms with Crippen LogP contribution in [0.5, 0.6) is 0 Å². The number of anilines is 2. The molecule has 8 heteroatoms. The molecule has 5 N–H and O–H groups in total. The van der Waals surface area contributed by atoms with Crippen LogP contribution >= 0.6 is 0 Å². The van der Waals surface area contributed by atoms with Gasteiger partial charge in [-0.2, -0.15) is 0 Å². The molecule has 0 amide bonds. The second-order valence-electron chi connectivity index (χ2n) is 4.09. The van der Waals surface area contributed by atoms with E-state index in [4.69, 9.17) is 10.5 Å². The molecule has 0 radical (unpaired) electrons. The van der Waals surface area contributed by atoms with E-state index < -0.39 is 17.4 Å². The predicted molar refractivity (Wildman–Crippen MR) is 72.4 cm³/mol. The summed E-state index contributed by atoms with van der Waals surface area (Å²) in [6.45, 7) is 2.69. The molecule has 1 aromatic heterocycles. The highest BCUT2D eigenvalue weighted by Crippen LogP contribution is 2.09. The Balaban J connectivity index is 2.79. The highest BCUT2D eigenvalue weighted by molar-refractivity contribution is 5.60. The topological polar surface area (TPSA) is 122 Å². The maximum absolute atomic E-state index is 11.6. The van der Waals surface area contributed by atoms with Crippen molar-refractivity contribution in [2.75, 3.05) is 31.3 Å². The normalized spacial score (nSPS) is 12.4. The summed E-state index contributed by atoms with van der Waals surface area (Å²) in [6, 6.07) is 0.